The van der Waals surface area contributed by atoms with Gasteiger partial charge in [-0.1, -0.05) is 19.9 Å². The van der Waals surface area contributed by atoms with Crippen LogP contribution in [0.15, 0.2) is 18.2 Å². The first-order valence-corrected chi connectivity index (χ1v) is 6.17. The van der Waals surface area contributed by atoms with Crippen LogP contribution in [-0.2, 0) is 0 Å². The molecule has 1 unspecified atom stereocenters. The van der Waals surface area contributed by atoms with Crippen LogP contribution < -0.4 is 10.6 Å². The summed E-state index contributed by atoms with van der Waals surface area (Å²) in [7, 11) is 0. The number of hydrogen-bond acceptors (Lipinski definition) is 3. The van der Waals surface area contributed by atoms with Gasteiger partial charge >= 0.3 is 0 Å². The molecule has 1 aromatic heterocycles. The number of hydrogen-bond donors (Lipinski definition) is 2. The lowest BCUT2D eigenvalue weighted by Gasteiger charge is -2.28. The van der Waals surface area contributed by atoms with Crippen LogP contribution in [0.1, 0.15) is 32.4 Å². The Kier molecular flexibility index (Phi) is 3.31. The van der Waals surface area contributed by atoms with Crippen molar-refractivity contribution in [1.29, 1.82) is 5.41 Å². The largest absolute Gasteiger partial charge is 0.382 e. The van der Waals surface area contributed by atoms with Gasteiger partial charge in [0.05, 0.1) is 0 Å². The van der Waals surface area contributed by atoms with E-state index in [0.717, 1.165) is 12.4 Å². The van der Waals surface area contributed by atoms with Crippen LogP contribution in [0.5, 0.6) is 0 Å². The Hall–Kier alpha value is -1.58. The third-order valence-electron chi connectivity index (χ3n) is 3.37. The molecule has 0 aromatic carbocycles. The molecule has 0 saturated carbocycles. The van der Waals surface area contributed by atoms with E-state index >= 15 is 0 Å². The summed E-state index contributed by atoms with van der Waals surface area (Å²) < 4.78 is 0. The summed E-state index contributed by atoms with van der Waals surface area (Å²) >= 11 is 0. The van der Waals surface area contributed by atoms with Crippen molar-refractivity contribution in [2.45, 2.75) is 32.7 Å². The van der Waals surface area contributed by atoms with Gasteiger partial charge in [-0.05, 0) is 30.9 Å². The summed E-state index contributed by atoms with van der Waals surface area (Å²) in [6, 6.07) is 6.28. The number of aromatic nitrogens is 1. The minimum absolute atomic E-state index is 0.0344. The molecule has 4 nitrogen and oxygen atoms in total. The number of nitrogens with one attached hydrogen (secondary N) is 1. The van der Waals surface area contributed by atoms with Gasteiger partial charge in [-0.2, -0.15) is 0 Å². The molecule has 0 bridgehead atoms. The van der Waals surface area contributed by atoms with Gasteiger partial charge in [0.2, 0.25) is 0 Å². The van der Waals surface area contributed by atoms with Crippen LogP contribution in [0.4, 0.5) is 5.82 Å². The van der Waals surface area contributed by atoms with Crippen molar-refractivity contribution >= 4 is 11.7 Å². The van der Waals surface area contributed by atoms with Crippen molar-refractivity contribution in [1.82, 2.24) is 4.98 Å². The minimum atomic E-state index is 0.0344. The lowest BCUT2D eigenvalue weighted by molar-refractivity contribution is 0.489. The van der Waals surface area contributed by atoms with Crippen molar-refractivity contribution in [2.24, 2.45) is 11.7 Å². The fourth-order valence-corrected chi connectivity index (χ4v) is 2.50. The molecule has 92 valence electrons. The summed E-state index contributed by atoms with van der Waals surface area (Å²) in [6.45, 7) is 5.55. The van der Waals surface area contributed by atoms with Crippen molar-refractivity contribution in [2.75, 3.05) is 11.4 Å². The van der Waals surface area contributed by atoms with Crippen LogP contribution in [0.25, 0.3) is 0 Å². The molecule has 0 amide bonds. The average Bonchev–Trinajstić information content (AvgIpc) is 2.78. The number of pyridine rings is 1. The van der Waals surface area contributed by atoms with E-state index in [0.29, 0.717) is 17.7 Å². The van der Waals surface area contributed by atoms with E-state index < -0.39 is 0 Å². The standard InChI is InChI=1S/C13H20N4/c1-9(2)11-6-4-8-17(11)12-7-3-5-10(16-12)13(14)15/h3,5,7,9,11H,4,6,8H2,1-2H3,(H3,14,15). The molecule has 2 heterocycles. The van der Waals surface area contributed by atoms with E-state index in [1.54, 1.807) is 6.07 Å². The number of nitrogens with two attached hydrogens (primary N) is 1. The molecule has 4 heteroatoms. The quantitative estimate of drug-likeness (QED) is 0.618. The fourth-order valence-electron chi connectivity index (χ4n) is 2.50. The molecule has 1 aromatic rings. The molecule has 1 aliphatic heterocycles. The van der Waals surface area contributed by atoms with Crippen LogP contribution >= 0.6 is 0 Å². The first-order chi connectivity index (χ1) is 8.09. The Bertz CT molecular complexity index is 414. The summed E-state index contributed by atoms with van der Waals surface area (Å²) in [5.41, 5.74) is 6.04. The SMILES string of the molecule is CC(C)C1CCCN1c1cccc(C(=N)N)n1. The Morgan fingerprint density at radius 2 is 2.29 bits per heavy atom. The Morgan fingerprint density at radius 1 is 1.53 bits per heavy atom. The van der Waals surface area contributed by atoms with Crippen molar-refractivity contribution < 1.29 is 0 Å². The zero-order valence-electron chi connectivity index (χ0n) is 10.5. The average molecular weight is 232 g/mol. The van der Waals surface area contributed by atoms with Crippen LogP contribution in [0.2, 0.25) is 0 Å². The number of nitrogen functional groups attached to an aromatic ring is 1. The maximum Gasteiger partial charge on any atom is 0.141 e. The van der Waals surface area contributed by atoms with E-state index in [4.69, 9.17) is 11.1 Å². The highest BCUT2D eigenvalue weighted by Crippen LogP contribution is 2.28. The van der Waals surface area contributed by atoms with Crippen molar-refractivity contribution in [3.8, 4) is 0 Å². The van der Waals surface area contributed by atoms with Gasteiger partial charge in [0.15, 0.2) is 0 Å². The third-order valence-corrected chi connectivity index (χ3v) is 3.37. The monoisotopic (exact) mass is 232 g/mol. The first-order valence-electron chi connectivity index (χ1n) is 6.17. The van der Waals surface area contributed by atoms with E-state index in [9.17, 15) is 0 Å². The summed E-state index contributed by atoms with van der Waals surface area (Å²) in [5.74, 6) is 1.61. The van der Waals surface area contributed by atoms with Crippen molar-refractivity contribution in [3.63, 3.8) is 0 Å². The van der Waals surface area contributed by atoms with E-state index in [-0.39, 0.29) is 5.84 Å². The molecule has 1 atom stereocenters. The number of rotatable bonds is 3. The van der Waals surface area contributed by atoms with Crippen LogP contribution in [0, 0.1) is 11.3 Å². The zero-order valence-corrected chi connectivity index (χ0v) is 10.5. The van der Waals surface area contributed by atoms with Gasteiger partial charge < -0.3 is 10.6 Å². The molecule has 2 rings (SSSR count). The van der Waals surface area contributed by atoms with E-state index in [2.05, 4.69) is 23.7 Å². The molecule has 0 spiro atoms. The molecule has 0 aliphatic carbocycles. The van der Waals surface area contributed by atoms with Gasteiger partial charge in [0, 0.05) is 12.6 Å². The predicted molar refractivity (Wildman–Crippen MR) is 70.5 cm³/mol. The second-order valence-electron chi connectivity index (χ2n) is 4.94. The second-order valence-corrected chi connectivity index (χ2v) is 4.94. The van der Waals surface area contributed by atoms with E-state index in [1.807, 2.05) is 12.1 Å². The second kappa shape index (κ2) is 4.73. The molecule has 1 fully saturated rings. The van der Waals surface area contributed by atoms with Crippen molar-refractivity contribution in [3.05, 3.63) is 23.9 Å². The molecule has 1 aliphatic rings. The highest BCUT2D eigenvalue weighted by Gasteiger charge is 2.28. The number of anilines is 1. The molecule has 3 N–H and O–H groups in total. The highest BCUT2D eigenvalue weighted by molar-refractivity contribution is 5.93. The zero-order chi connectivity index (χ0) is 12.4. The fraction of sp³-hybridized carbons (Fsp3) is 0.538. The van der Waals surface area contributed by atoms with Crippen LogP contribution in [0.3, 0.4) is 0 Å². The summed E-state index contributed by atoms with van der Waals surface area (Å²) in [5, 5.41) is 7.43. The Morgan fingerprint density at radius 3 is 2.94 bits per heavy atom. The van der Waals surface area contributed by atoms with Crippen LogP contribution in [-0.4, -0.2) is 23.4 Å². The van der Waals surface area contributed by atoms with Gasteiger partial charge in [0.1, 0.15) is 17.3 Å². The lowest BCUT2D eigenvalue weighted by Crippen LogP contribution is -2.34. The van der Waals surface area contributed by atoms with Gasteiger partial charge in [-0.3, -0.25) is 5.41 Å². The molecular weight excluding hydrogens is 212 g/mol. The lowest BCUT2D eigenvalue weighted by atomic mass is 10.0. The molecule has 0 radical (unpaired) electrons. The Labute approximate surface area is 102 Å². The smallest absolute Gasteiger partial charge is 0.141 e. The maximum atomic E-state index is 7.43. The van der Waals surface area contributed by atoms with Gasteiger partial charge in [-0.25, -0.2) is 4.98 Å². The highest BCUT2D eigenvalue weighted by atomic mass is 15.2. The van der Waals surface area contributed by atoms with Gasteiger partial charge in [-0.15, -0.1) is 0 Å². The Balaban J connectivity index is 2.27. The molecule has 17 heavy (non-hydrogen) atoms. The summed E-state index contributed by atoms with van der Waals surface area (Å²) in [4.78, 5) is 6.81. The topological polar surface area (TPSA) is 66.0 Å². The van der Waals surface area contributed by atoms with Gasteiger partial charge in [0.25, 0.3) is 0 Å². The predicted octanol–water partition coefficient (Wildman–Crippen LogP) is 1.99. The molecule has 1 saturated heterocycles. The number of amidine groups is 1. The number of nitrogens with zero attached hydrogens (tertiary/aromatic N) is 2. The van der Waals surface area contributed by atoms with E-state index in [1.165, 1.54) is 12.8 Å². The molecular formula is C13H20N4. The minimum Gasteiger partial charge on any atom is -0.382 e. The first kappa shape index (κ1) is 11.9. The third kappa shape index (κ3) is 2.40. The normalized spacial score (nSPS) is 19.9. The maximum absolute atomic E-state index is 7.43. The summed E-state index contributed by atoms with van der Waals surface area (Å²) in [6.07, 6.45) is 2.44.